The van der Waals surface area contributed by atoms with E-state index in [1.807, 2.05) is 0 Å². The van der Waals surface area contributed by atoms with Gasteiger partial charge in [-0.2, -0.15) is 0 Å². The summed E-state index contributed by atoms with van der Waals surface area (Å²) < 4.78 is 5.26. The minimum absolute atomic E-state index is 0.0380. The van der Waals surface area contributed by atoms with Gasteiger partial charge in [0.15, 0.2) is 17.7 Å². The Kier molecular flexibility index (Phi) is 5.98. The zero-order valence-electron chi connectivity index (χ0n) is 17.6. The second kappa shape index (κ2) is 8.88. The molecule has 1 aliphatic rings. The van der Waals surface area contributed by atoms with E-state index in [0.717, 1.165) is 0 Å². The molecule has 1 atom stereocenters. The molecule has 0 heterocycles. The van der Waals surface area contributed by atoms with E-state index in [1.165, 1.54) is 25.1 Å². The fraction of sp³-hybridized carbons (Fsp3) is 0.120. The number of nitrogens with two attached hydrogens (primary N) is 1. The van der Waals surface area contributed by atoms with E-state index in [9.17, 15) is 19.2 Å². The quantitative estimate of drug-likeness (QED) is 0.346. The molecule has 0 spiro atoms. The second-order valence-corrected chi connectivity index (χ2v) is 7.92. The van der Waals surface area contributed by atoms with Crippen molar-refractivity contribution in [1.82, 2.24) is 5.32 Å². The molecule has 3 aromatic rings. The van der Waals surface area contributed by atoms with E-state index in [2.05, 4.69) is 5.32 Å². The van der Waals surface area contributed by atoms with E-state index >= 15 is 0 Å². The third-order valence-electron chi connectivity index (χ3n) is 5.42. The predicted octanol–water partition coefficient (Wildman–Crippen LogP) is 3.56. The van der Waals surface area contributed by atoms with Gasteiger partial charge in [-0.05, 0) is 30.7 Å². The Morgan fingerprint density at radius 3 is 2.27 bits per heavy atom. The van der Waals surface area contributed by atoms with Crippen LogP contribution in [0.25, 0.3) is 0 Å². The Labute approximate surface area is 194 Å². The second-order valence-electron chi connectivity index (χ2n) is 7.51. The Balaban J connectivity index is 1.51. The number of nitrogens with one attached hydrogen (secondary N) is 1. The molecule has 8 heteroatoms. The fourth-order valence-corrected chi connectivity index (χ4v) is 3.84. The first-order chi connectivity index (χ1) is 15.8. The van der Waals surface area contributed by atoms with Crippen LogP contribution < -0.4 is 11.1 Å². The van der Waals surface area contributed by atoms with E-state index in [4.69, 9.17) is 22.1 Å². The number of ether oxygens (including phenoxy) is 1. The van der Waals surface area contributed by atoms with Gasteiger partial charge in [-0.3, -0.25) is 14.4 Å². The van der Waals surface area contributed by atoms with Gasteiger partial charge in [0.05, 0.1) is 16.8 Å². The maximum Gasteiger partial charge on any atom is 0.341 e. The smallest absolute Gasteiger partial charge is 0.341 e. The van der Waals surface area contributed by atoms with Crippen LogP contribution in [0.3, 0.4) is 0 Å². The van der Waals surface area contributed by atoms with Crippen molar-refractivity contribution in [3.8, 4) is 0 Å². The molecule has 0 aliphatic heterocycles. The number of nitrogen functional groups attached to an aromatic ring is 1. The van der Waals surface area contributed by atoms with E-state index in [-0.39, 0.29) is 45.8 Å². The Morgan fingerprint density at radius 1 is 0.939 bits per heavy atom. The molecule has 166 valence electrons. The van der Waals surface area contributed by atoms with E-state index in [0.29, 0.717) is 10.6 Å². The highest BCUT2D eigenvalue weighted by atomic mass is 35.5. The largest absolute Gasteiger partial charge is 0.449 e. The zero-order valence-corrected chi connectivity index (χ0v) is 18.3. The molecule has 33 heavy (non-hydrogen) atoms. The zero-order chi connectivity index (χ0) is 23.7. The number of carbonyl (C=O) groups excluding carboxylic acids is 4. The third-order valence-corrected chi connectivity index (χ3v) is 5.79. The molecule has 1 amide bonds. The first kappa shape index (κ1) is 22.2. The molecule has 0 saturated heterocycles. The van der Waals surface area contributed by atoms with Crippen molar-refractivity contribution < 1.29 is 23.9 Å². The molecule has 0 fully saturated rings. The average Bonchev–Trinajstić information content (AvgIpc) is 2.81. The number of hydrogen-bond acceptors (Lipinski definition) is 6. The van der Waals surface area contributed by atoms with Crippen LogP contribution in [0.1, 0.15) is 54.7 Å². The van der Waals surface area contributed by atoms with E-state index in [1.54, 1.807) is 42.5 Å². The molecule has 1 aliphatic carbocycles. The molecule has 0 radical (unpaired) electrons. The minimum atomic E-state index is -1.13. The SMILES string of the molecule is CC(OC(=O)c1ccc2c(c1N)C(=O)c1ccccc1C2=O)C(=O)NCc1ccccc1Cl. The lowest BCUT2D eigenvalue weighted by Gasteiger charge is -2.20. The number of fused-ring (bicyclic) bond motifs is 2. The summed E-state index contributed by atoms with van der Waals surface area (Å²) in [7, 11) is 0. The van der Waals surface area contributed by atoms with Gasteiger partial charge >= 0.3 is 5.97 Å². The van der Waals surface area contributed by atoms with Gasteiger partial charge in [-0.25, -0.2) is 4.79 Å². The third kappa shape index (κ3) is 4.10. The predicted molar refractivity (Wildman–Crippen MR) is 122 cm³/mol. The Morgan fingerprint density at radius 2 is 1.58 bits per heavy atom. The van der Waals surface area contributed by atoms with Gasteiger partial charge < -0.3 is 15.8 Å². The number of amides is 1. The van der Waals surface area contributed by atoms with Crippen molar-refractivity contribution in [2.24, 2.45) is 0 Å². The lowest BCUT2D eigenvalue weighted by atomic mass is 9.82. The number of ketones is 2. The maximum atomic E-state index is 13.0. The van der Waals surface area contributed by atoms with Gasteiger partial charge in [-0.15, -0.1) is 0 Å². The first-order valence-corrected chi connectivity index (χ1v) is 10.5. The minimum Gasteiger partial charge on any atom is -0.449 e. The lowest BCUT2D eigenvalue weighted by molar-refractivity contribution is -0.129. The van der Waals surface area contributed by atoms with Crippen LogP contribution in [0.5, 0.6) is 0 Å². The van der Waals surface area contributed by atoms with Gasteiger partial charge in [-0.1, -0.05) is 54.1 Å². The number of halogens is 1. The van der Waals surface area contributed by atoms with Crippen LogP contribution in [0.4, 0.5) is 5.69 Å². The normalized spacial score (nSPS) is 13.0. The fourth-order valence-electron chi connectivity index (χ4n) is 3.64. The van der Waals surface area contributed by atoms with Crippen molar-refractivity contribution in [1.29, 1.82) is 0 Å². The number of hydrogen-bond donors (Lipinski definition) is 2. The molecule has 0 saturated carbocycles. The lowest BCUT2D eigenvalue weighted by Crippen LogP contribution is -2.35. The highest BCUT2D eigenvalue weighted by Gasteiger charge is 2.33. The van der Waals surface area contributed by atoms with Crippen LogP contribution in [0.15, 0.2) is 60.7 Å². The summed E-state index contributed by atoms with van der Waals surface area (Å²) >= 11 is 6.08. The monoisotopic (exact) mass is 462 g/mol. The molecule has 3 aromatic carbocycles. The molecule has 3 N–H and O–H groups in total. The topological polar surface area (TPSA) is 116 Å². The van der Waals surface area contributed by atoms with Crippen molar-refractivity contribution in [3.63, 3.8) is 0 Å². The Hall–Kier alpha value is -3.97. The van der Waals surface area contributed by atoms with Gasteiger partial charge in [0.2, 0.25) is 0 Å². The maximum absolute atomic E-state index is 13.0. The highest BCUT2D eigenvalue weighted by Crippen LogP contribution is 2.33. The molecule has 7 nitrogen and oxygen atoms in total. The molecule has 1 unspecified atom stereocenters. The number of carbonyl (C=O) groups is 4. The molecular weight excluding hydrogens is 444 g/mol. The van der Waals surface area contributed by atoms with Gasteiger partial charge in [0.25, 0.3) is 5.91 Å². The molecule has 0 aromatic heterocycles. The summed E-state index contributed by atoms with van der Waals surface area (Å²) in [5.41, 5.74) is 7.18. The summed E-state index contributed by atoms with van der Waals surface area (Å²) in [5.74, 6) is -2.20. The average molecular weight is 463 g/mol. The van der Waals surface area contributed by atoms with Gasteiger partial charge in [0, 0.05) is 28.3 Å². The first-order valence-electron chi connectivity index (χ1n) is 10.1. The van der Waals surface area contributed by atoms with Crippen molar-refractivity contribution in [3.05, 3.63) is 99.1 Å². The van der Waals surface area contributed by atoms with Crippen LogP contribution in [0, 0.1) is 0 Å². The summed E-state index contributed by atoms with van der Waals surface area (Å²) in [6, 6.07) is 16.2. The van der Waals surface area contributed by atoms with Crippen molar-refractivity contribution >= 4 is 40.7 Å². The van der Waals surface area contributed by atoms with Crippen LogP contribution >= 0.6 is 11.6 Å². The van der Waals surface area contributed by atoms with Crippen LogP contribution in [0.2, 0.25) is 5.02 Å². The van der Waals surface area contributed by atoms with Gasteiger partial charge in [0.1, 0.15) is 0 Å². The number of esters is 1. The Bertz CT molecular complexity index is 1320. The standard InChI is InChI=1S/C25H19ClN2O5/c1-13(24(31)28-12-14-6-2-5-9-19(14)26)33-25(32)18-11-10-17-20(21(18)27)23(30)16-8-4-3-7-15(16)22(17)29/h2-11,13H,12,27H2,1H3,(H,28,31). The summed E-state index contributed by atoms with van der Waals surface area (Å²) in [4.78, 5) is 50.9. The van der Waals surface area contributed by atoms with Crippen LogP contribution in [-0.2, 0) is 16.1 Å². The number of benzene rings is 3. The summed E-state index contributed by atoms with van der Waals surface area (Å²) in [6.07, 6.45) is -1.13. The number of rotatable bonds is 5. The van der Waals surface area contributed by atoms with E-state index < -0.39 is 23.8 Å². The summed E-state index contributed by atoms with van der Waals surface area (Å²) in [6.45, 7) is 1.58. The molecule has 0 bridgehead atoms. The highest BCUT2D eigenvalue weighted by molar-refractivity contribution is 6.31. The molecule has 4 rings (SSSR count). The summed E-state index contributed by atoms with van der Waals surface area (Å²) in [5, 5.41) is 3.16. The number of anilines is 1. The van der Waals surface area contributed by atoms with Crippen LogP contribution in [-0.4, -0.2) is 29.5 Å². The molecular formula is C25H19ClN2O5. The van der Waals surface area contributed by atoms with Crippen molar-refractivity contribution in [2.75, 3.05) is 5.73 Å². The van der Waals surface area contributed by atoms with Crippen molar-refractivity contribution in [2.45, 2.75) is 19.6 Å².